The van der Waals surface area contributed by atoms with Gasteiger partial charge in [-0.3, -0.25) is 5.84 Å². The van der Waals surface area contributed by atoms with Gasteiger partial charge in [0.2, 0.25) is 0 Å². The molecule has 0 aliphatic carbocycles. The predicted molar refractivity (Wildman–Crippen MR) is 80.2 cm³/mol. The first-order valence-corrected chi connectivity index (χ1v) is 7.39. The molecule has 0 bridgehead atoms. The van der Waals surface area contributed by atoms with E-state index in [0.717, 1.165) is 10.4 Å². The van der Waals surface area contributed by atoms with Crippen LogP contribution in [0.1, 0.15) is 29.5 Å². The van der Waals surface area contributed by atoms with Crippen LogP contribution in [0.15, 0.2) is 41.8 Å². The van der Waals surface area contributed by atoms with Crippen LogP contribution >= 0.6 is 22.9 Å². The topological polar surface area (TPSA) is 47.3 Å². The van der Waals surface area contributed by atoms with Crippen molar-refractivity contribution in [3.63, 3.8) is 0 Å². The lowest BCUT2D eigenvalue weighted by Crippen LogP contribution is -2.33. The molecule has 0 saturated carbocycles. The van der Waals surface area contributed by atoms with Crippen molar-refractivity contribution < 1.29 is 4.74 Å². The Kier molecular flexibility index (Phi) is 5.36. The van der Waals surface area contributed by atoms with E-state index in [0.29, 0.717) is 11.6 Å². The predicted octanol–water partition coefficient (Wildman–Crippen LogP) is 3.68. The van der Waals surface area contributed by atoms with Crippen molar-refractivity contribution in [1.29, 1.82) is 0 Å². The van der Waals surface area contributed by atoms with Crippen molar-refractivity contribution in [2.75, 3.05) is 6.61 Å². The lowest BCUT2D eigenvalue weighted by molar-refractivity contribution is 0.0336. The summed E-state index contributed by atoms with van der Waals surface area (Å²) in [5.41, 5.74) is 3.91. The van der Waals surface area contributed by atoms with Gasteiger partial charge in [-0.1, -0.05) is 41.9 Å². The standard InChI is InChI=1S/C14H17ClN2OS/c1-2-18-13(10-6-4-3-5-7-10)12(17-16)14-11(15)8-9-19-14/h3-9,12-13,17H,2,16H2,1H3. The van der Waals surface area contributed by atoms with E-state index in [9.17, 15) is 0 Å². The molecular weight excluding hydrogens is 280 g/mol. The summed E-state index contributed by atoms with van der Waals surface area (Å²) in [5.74, 6) is 5.72. The molecule has 1 aromatic carbocycles. The van der Waals surface area contributed by atoms with E-state index < -0.39 is 0 Å². The van der Waals surface area contributed by atoms with E-state index in [1.807, 2.05) is 48.7 Å². The van der Waals surface area contributed by atoms with Gasteiger partial charge < -0.3 is 4.74 Å². The van der Waals surface area contributed by atoms with Crippen molar-refractivity contribution >= 4 is 22.9 Å². The van der Waals surface area contributed by atoms with E-state index in [4.69, 9.17) is 22.2 Å². The summed E-state index contributed by atoms with van der Waals surface area (Å²) in [6, 6.07) is 11.7. The highest BCUT2D eigenvalue weighted by molar-refractivity contribution is 7.10. The average molecular weight is 297 g/mol. The second-order valence-corrected chi connectivity index (χ2v) is 5.42. The summed E-state index contributed by atoms with van der Waals surface area (Å²) in [7, 11) is 0. The second kappa shape index (κ2) is 7.03. The third kappa shape index (κ3) is 3.35. The first-order valence-electron chi connectivity index (χ1n) is 6.13. The maximum absolute atomic E-state index is 6.20. The Balaban J connectivity index is 2.34. The van der Waals surface area contributed by atoms with Gasteiger partial charge in [0.05, 0.1) is 11.1 Å². The maximum atomic E-state index is 6.20. The molecule has 19 heavy (non-hydrogen) atoms. The largest absolute Gasteiger partial charge is 0.372 e. The SMILES string of the molecule is CCOC(c1ccccc1)C(NN)c1sccc1Cl. The summed E-state index contributed by atoms with van der Waals surface area (Å²) in [5, 5.41) is 2.67. The number of hydrazine groups is 1. The molecule has 2 rings (SSSR count). The van der Waals surface area contributed by atoms with Crippen molar-refractivity contribution in [2.45, 2.75) is 19.1 Å². The molecule has 0 radical (unpaired) electrons. The van der Waals surface area contributed by atoms with Gasteiger partial charge in [0.15, 0.2) is 0 Å². The third-order valence-corrected chi connectivity index (χ3v) is 4.33. The molecule has 0 fully saturated rings. The zero-order chi connectivity index (χ0) is 13.7. The molecule has 1 heterocycles. The lowest BCUT2D eigenvalue weighted by atomic mass is 10.0. The normalized spacial score (nSPS) is 14.3. The number of nitrogens with two attached hydrogens (primary N) is 1. The van der Waals surface area contributed by atoms with Crippen molar-refractivity contribution in [2.24, 2.45) is 5.84 Å². The molecule has 102 valence electrons. The van der Waals surface area contributed by atoms with E-state index in [-0.39, 0.29) is 12.1 Å². The summed E-state index contributed by atoms with van der Waals surface area (Å²) < 4.78 is 5.87. The van der Waals surface area contributed by atoms with Gasteiger partial charge in [0.1, 0.15) is 6.10 Å². The molecule has 2 atom stereocenters. The van der Waals surface area contributed by atoms with Crippen LogP contribution in [0.25, 0.3) is 0 Å². The maximum Gasteiger partial charge on any atom is 0.104 e. The van der Waals surface area contributed by atoms with E-state index in [1.54, 1.807) is 11.3 Å². The first-order chi connectivity index (χ1) is 9.27. The zero-order valence-electron chi connectivity index (χ0n) is 10.7. The average Bonchev–Trinajstić information content (AvgIpc) is 2.86. The summed E-state index contributed by atoms with van der Waals surface area (Å²) in [4.78, 5) is 0.992. The van der Waals surface area contributed by atoms with Crippen LogP contribution in [0, 0.1) is 0 Å². The van der Waals surface area contributed by atoms with E-state index >= 15 is 0 Å². The van der Waals surface area contributed by atoms with Crippen molar-refractivity contribution in [1.82, 2.24) is 5.43 Å². The summed E-state index contributed by atoms with van der Waals surface area (Å²) >= 11 is 7.78. The van der Waals surface area contributed by atoms with Crippen LogP contribution in [-0.2, 0) is 4.74 Å². The van der Waals surface area contributed by atoms with Crippen LogP contribution < -0.4 is 11.3 Å². The summed E-state index contributed by atoms with van der Waals surface area (Å²) in [6.07, 6.45) is -0.160. The van der Waals surface area contributed by atoms with Crippen molar-refractivity contribution in [3.8, 4) is 0 Å². The molecule has 0 amide bonds. The number of hydrogen-bond donors (Lipinski definition) is 2. The number of rotatable bonds is 6. The Bertz CT molecular complexity index is 503. The molecular formula is C14H17ClN2OS. The summed E-state index contributed by atoms with van der Waals surface area (Å²) in [6.45, 7) is 2.58. The molecule has 2 aromatic rings. The minimum absolute atomic E-state index is 0.158. The highest BCUT2D eigenvalue weighted by atomic mass is 35.5. The molecule has 3 nitrogen and oxygen atoms in total. The Labute approximate surface area is 122 Å². The fraction of sp³-hybridized carbons (Fsp3) is 0.286. The first kappa shape index (κ1) is 14.5. The molecule has 2 unspecified atom stereocenters. The van der Waals surface area contributed by atoms with Gasteiger partial charge in [-0.05, 0) is 23.9 Å². The smallest absolute Gasteiger partial charge is 0.104 e. The number of ether oxygens (including phenoxy) is 1. The van der Waals surface area contributed by atoms with E-state index in [1.165, 1.54) is 0 Å². The molecule has 1 aromatic heterocycles. The van der Waals surface area contributed by atoms with E-state index in [2.05, 4.69) is 5.43 Å². The number of halogens is 1. The van der Waals surface area contributed by atoms with Crippen LogP contribution in [0.5, 0.6) is 0 Å². The van der Waals surface area contributed by atoms with Crippen LogP contribution in [0.4, 0.5) is 0 Å². The second-order valence-electron chi connectivity index (χ2n) is 4.06. The molecule has 0 saturated heterocycles. The third-order valence-electron chi connectivity index (χ3n) is 2.88. The zero-order valence-corrected chi connectivity index (χ0v) is 12.2. The number of nitrogens with one attached hydrogen (secondary N) is 1. The van der Waals surface area contributed by atoms with Gasteiger partial charge in [-0.15, -0.1) is 11.3 Å². The number of benzene rings is 1. The van der Waals surface area contributed by atoms with Crippen molar-refractivity contribution in [3.05, 3.63) is 57.2 Å². The quantitative estimate of drug-likeness (QED) is 0.631. The molecule has 5 heteroatoms. The van der Waals surface area contributed by atoms with Gasteiger partial charge in [-0.25, -0.2) is 5.43 Å². The molecule has 3 N–H and O–H groups in total. The minimum Gasteiger partial charge on any atom is -0.372 e. The number of thiophene rings is 1. The Morgan fingerprint density at radius 1 is 1.32 bits per heavy atom. The Morgan fingerprint density at radius 2 is 2.05 bits per heavy atom. The molecule has 0 spiro atoms. The number of hydrogen-bond acceptors (Lipinski definition) is 4. The van der Waals surface area contributed by atoms with Crippen LogP contribution in [0.3, 0.4) is 0 Å². The Morgan fingerprint density at radius 3 is 2.58 bits per heavy atom. The van der Waals surface area contributed by atoms with Gasteiger partial charge in [0.25, 0.3) is 0 Å². The fourth-order valence-corrected chi connectivity index (χ4v) is 3.29. The minimum atomic E-state index is -0.160. The van der Waals surface area contributed by atoms with Crippen LogP contribution in [-0.4, -0.2) is 6.61 Å². The van der Waals surface area contributed by atoms with Crippen LogP contribution in [0.2, 0.25) is 5.02 Å². The Hall–Kier alpha value is -0.910. The highest BCUT2D eigenvalue weighted by Gasteiger charge is 2.27. The molecule has 0 aliphatic heterocycles. The van der Waals surface area contributed by atoms with Gasteiger partial charge >= 0.3 is 0 Å². The van der Waals surface area contributed by atoms with Gasteiger partial charge in [0, 0.05) is 11.5 Å². The monoisotopic (exact) mass is 296 g/mol. The molecule has 0 aliphatic rings. The highest BCUT2D eigenvalue weighted by Crippen LogP contribution is 2.37. The van der Waals surface area contributed by atoms with Gasteiger partial charge in [-0.2, -0.15) is 0 Å². The fourth-order valence-electron chi connectivity index (χ4n) is 2.04. The lowest BCUT2D eigenvalue weighted by Gasteiger charge is -2.26.